The standard InChI is InChI=1S/C23H20F3N5O2/c1-32-17-4-2-3-12-5-7-14(19(12)17)20-15-11-13(6-8-16(15)30-21(27)33-20)29-22-28-10-9-18(31-22)23(24,25)26/h2-4,6,8-11,14,20H,5,7H2,1H3,(H2,27,30)(H,28,29,31). The topological polar surface area (TPSA) is 94.7 Å². The molecule has 0 fully saturated rings. The van der Waals surface area contributed by atoms with E-state index in [0.29, 0.717) is 11.4 Å². The van der Waals surface area contributed by atoms with Crippen molar-refractivity contribution in [2.75, 3.05) is 12.4 Å². The number of amidine groups is 1. The maximum Gasteiger partial charge on any atom is 0.433 e. The number of hydrogen-bond acceptors (Lipinski definition) is 7. The first-order valence-corrected chi connectivity index (χ1v) is 10.3. The molecular weight excluding hydrogens is 435 g/mol. The van der Waals surface area contributed by atoms with Gasteiger partial charge in [-0.3, -0.25) is 0 Å². The summed E-state index contributed by atoms with van der Waals surface area (Å²) in [6.07, 6.45) is -2.22. The molecule has 1 aliphatic heterocycles. The molecule has 0 bridgehead atoms. The van der Waals surface area contributed by atoms with Crippen molar-refractivity contribution in [3.63, 3.8) is 0 Å². The van der Waals surface area contributed by atoms with Crippen LogP contribution in [0, 0.1) is 0 Å². The van der Waals surface area contributed by atoms with Gasteiger partial charge in [-0.15, -0.1) is 0 Å². The average molecular weight is 455 g/mol. The number of rotatable bonds is 4. The van der Waals surface area contributed by atoms with Gasteiger partial charge in [0.15, 0.2) is 0 Å². The molecule has 10 heteroatoms. The van der Waals surface area contributed by atoms with Gasteiger partial charge in [-0.25, -0.2) is 9.97 Å². The number of nitrogens with one attached hydrogen (secondary N) is 1. The summed E-state index contributed by atoms with van der Waals surface area (Å²) in [5.41, 5.74) is 9.14. The van der Waals surface area contributed by atoms with Gasteiger partial charge in [0.1, 0.15) is 17.5 Å². The normalized spacial score (nSPS) is 19.2. The number of halogens is 3. The molecule has 2 unspecified atom stereocenters. The van der Waals surface area contributed by atoms with E-state index in [4.69, 9.17) is 15.2 Å². The number of aliphatic imine (C=N–C) groups is 1. The number of aromatic nitrogens is 2. The highest BCUT2D eigenvalue weighted by Crippen LogP contribution is 2.50. The molecule has 0 spiro atoms. The lowest BCUT2D eigenvalue weighted by Gasteiger charge is -2.30. The maximum absolute atomic E-state index is 13.0. The largest absolute Gasteiger partial charge is 0.496 e. The molecule has 0 saturated heterocycles. The average Bonchev–Trinajstić information content (AvgIpc) is 3.22. The molecule has 1 aliphatic carbocycles. The minimum Gasteiger partial charge on any atom is -0.496 e. The van der Waals surface area contributed by atoms with Gasteiger partial charge >= 0.3 is 6.18 Å². The summed E-state index contributed by atoms with van der Waals surface area (Å²) in [6.45, 7) is 0. The van der Waals surface area contributed by atoms with E-state index < -0.39 is 18.0 Å². The number of fused-ring (bicyclic) bond motifs is 2. The van der Waals surface area contributed by atoms with E-state index >= 15 is 0 Å². The van der Waals surface area contributed by atoms with Gasteiger partial charge in [0.2, 0.25) is 5.95 Å². The van der Waals surface area contributed by atoms with Gasteiger partial charge in [-0.05, 0) is 48.7 Å². The molecule has 5 rings (SSSR count). The number of hydrogen-bond donors (Lipinski definition) is 2. The summed E-state index contributed by atoms with van der Waals surface area (Å²) in [4.78, 5) is 11.8. The lowest BCUT2D eigenvalue weighted by molar-refractivity contribution is -0.141. The minimum atomic E-state index is -4.56. The number of anilines is 2. The number of nitrogens with two attached hydrogens (primary N) is 1. The molecule has 0 saturated carbocycles. The van der Waals surface area contributed by atoms with Crippen molar-refractivity contribution in [1.82, 2.24) is 9.97 Å². The van der Waals surface area contributed by atoms with Crippen molar-refractivity contribution in [3.8, 4) is 5.75 Å². The lowest BCUT2D eigenvalue weighted by Crippen LogP contribution is -2.26. The Balaban J connectivity index is 1.51. The van der Waals surface area contributed by atoms with E-state index in [-0.39, 0.29) is 17.9 Å². The molecule has 3 N–H and O–H groups in total. The van der Waals surface area contributed by atoms with Crippen LogP contribution in [-0.4, -0.2) is 23.1 Å². The molecule has 2 atom stereocenters. The zero-order chi connectivity index (χ0) is 23.2. The molecule has 2 aliphatic rings. The third kappa shape index (κ3) is 3.92. The zero-order valence-electron chi connectivity index (χ0n) is 17.6. The van der Waals surface area contributed by atoms with Gasteiger partial charge in [-0.2, -0.15) is 18.2 Å². The van der Waals surface area contributed by atoms with E-state index in [1.54, 1.807) is 25.3 Å². The van der Waals surface area contributed by atoms with Gasteiger partial charge in [0, 0.05) is 28.9 Å². The number of aryl methyl sites for hydroxylation is 1. The van der Waals surface area contributed by atoms with Crippen LogP contribution in [0.4, 0.5) is 30.5 Å². The Morgan fingerprint density at radius 2 is 2.03 bits per heavy atom. The first kappa shape index (κ1) is 21.0. The van der Waals surface area contributed by atoms with E-state index in [0.717, 1.165) is 42.0 Å². The van der Waals surface area contributed by atoms with Gasteiger partial charge in [-0.1, -0.05) is 12.1 Å². The molecular formula is C23H20F3N5O2. The SMILES string of the molecule is COc1cccc2c1C(C1OC(N)=Nc3ccc(Nc4nccc(C(F)(F)F)n4)cc31)CC2. The van der Waals surface area contributed by atoms with Crippen LogP contribution in [0.1, 0.15) is 40.8 Å². The Kier molecular flexibility index (Phi) is 5.07. The Morgan fingerprint density at radius 1 is 1.18 bits per heavy atom. The fraction of sp³-hybridized carbons (Fsp3) is 0.261. The Hall–Kier alpha value is -3.82. The third-order valence-electron chi connectivity index (χ3n) is 5.85. The van der Waals surface area contributed by atoms with Crippen LogP contribution in [0.5, 0.6) is 5.75 Å². The second kappa shape index (κ2) is 7.95. The summed E-state index contributed by atoms with van der Waals surface area (Å²) >= 11 is 0. The highest BCUT2D eigenvalue weighted by Gasteiger charge is 2.38. The van der Waals surface area contributed by atoms with E-state index in [9.17, 15) is 13.2 Å². The number of methoxy groups -OCH3 is 1. The number of alkyl halides is 3. The van der Waals surface area contributed by atoms with Crippen LogP contribution in [0.15, 0.2) is 53.7 Å². The fourth-order valence-corrected chi connectivity index (χ4v) is 4.47. The summed E-state index contributed by atoms with van der Waals surface area (Å²) in [7, 11) is 1.63. The van der Waals surface area contributed by atoms with Gasteiger partial charge in [0.25, 0.3) is 6.02 Å². The lowest BCUT2D eigenvalue weighted by atomic mass is 9.88. The highest BCUT2D eigenvalue weighted by atomic mass is 19.4. The molecule has 2 heterocycles. The van der Waals surface area contributed by atoms with Gasteiger partial charge < -0.3 is 20.5 Å². The molecule has 1 aromatic heterocycles. The van der Waals surface area contributed by atoms with Crippen molar-refractivity contribution >= 4 is 23.3 Å². The van der Waals surface area contributed by atoms with Gasteiger partial charge in [0.05, 0.1) is 12.8 Å². The van der Waals surface area contributed by atoms with Crippen molar-refractivity contribution in [2.45, 2.75) is 31.0 Å². The van der Waals surface area contributed by atoms with Crippen molar-refractivity contribution in [1.29, 1.82) is 0 Å². The molecule has 33 heavy (non-hydrogen) atoms. The summed E-state index contributed by atoms with van der Waals surface area (Å²) in [6, 6.07) is 12.1. The monoisotopic (exact) mass is 455 g/mol. The Bertz CT molecular complexity index is 1250. The van der Waals surface area contributed by atoms with Crippen LogP contribution >= 0.6 is 0 Å². The molecule has 0 radical (unpaired) electrons. The quantitative estimate of drug-likeness (QED) is 0.575. The zero-order valence-corrected chi connectivity index (χ0v) is 17.6. The van der Waals surface area contributed by atoms with E-state index in [1.165, 1.54) is 5.56 Å². The molecule has 3 aromatic rings. The molecule has 170 valence electrons. The fourth-order valence-electron chi connectivity index (χ4n) is 4.47. The van der Waals surface area contributed by atoms with Crippen molar-refractivity contribution in [2.24, 2.45) is 10.7 Å². The summed E-state index contributed by atoms with van der Waals surface area (Å²) in [5.74, 6) is 0.603. The number of benzene rings is 2. The molecule has 7 nitrogen and oxygen atoms in total. The predicted octanol–water partition coefficient (Wildman–Crippen LogP) is 5.00. The van der Waals surface area contributed by atoms with Crippen LogP contribution in [0.3, 0.4) is 0 Å². The third-order valence-corrected chi connectivity index (χ3v) is 5.85. The van der Waals surface area contributed by atoms with Crippen LogP contribution in [0.2, 0.25) is 0 Å². The second-order valence-corrected chi connectivity index (χ2v) is 7.83. The maximum atomic E-state index is 13.0. The highest BCUT2D eigenvalue weighted by molar-refractivity contribution is 5.79. The minimum absolute atomic E-state index is 0.0241. The number of nitrogens with zero attached hydrogens (tertiary/aromatic N) is 3. The smallest absolute Gasteiger partial charge is 0.433 e. The van der Waals surface area contributed by atoms with E-state index in [2.05, 4.69) is 26.3 Å². The van der Waals surface area contributed by atoms with Crippen LogP contribution in [-0.2, 0) is 17.3 Å². The first-order chi connectivity index (χ1) is 15.8. The van der Waals surface area contributed by atoms with E-state index in [1.807, 2.05) is 12.1 Å². The Morgan fingerprint density at radius 3 is 2.82 bits per heavy atom. The second-order valence-electron chi connectivity index (χ2n) is 7.83. The van der Waals surface area contributed by atoms with Crippen molar-refractivity contribution in [3.05, 3.63) is 71.0 Å². The summed E-state index contributed by atoms with van der Waals surface area (Å²) < 4.78 is 50.6. The number of ether oxygens (including phenoxy) is 2. The predicted molar refractivity (Wildman–Crippen MR) is 116 cm³/mol. The molecule has 0 amide bonds. The molecule has 2 aromatic carbocycles. The van der Waals surface area contributed by atoms with Crippen LogP contribution < -0.4 is 15.8 Å². The van der Waals surface area contributed by atoms with Crippen LogP contribution in [0.25, 0.3) is 0 Å². The Labute approximate surface area is 187 Å². The summed E-state index contributed by atoms with van der Waals surface area (Å²) in [5, 5.41) is 2.85. The van der Waals surface area contributed by atoms with Crippen molar-refractivity contribution < 1.29 is 22.6 Å². The first-order valence-electron chi connectivity index (χ1n) is 10.3.